The van der Waals surface area contributed by atoms with Crippen LogP contribution in [0.5, 0.6) is 0 Å². The molecule has 0 unspecified atom stereocenters. The summed E-state index contributed by atoms with van der Waals surface area (Å²) in [5.74, 6) is 0. The molecule has 0 aromatic carbocycles. The van der Waals surface area contributed by atoms with E-state index >= 15 is 0 Å². The second-order valence-electron chi connectivity index (χ2n) is 3.94. The van der Waals surface area contributed by atoms with Gasteiger partial charge in [0.1, 0.15) is 0 Å². The fraction of sp³-hybridized carbons (Fsp3) is 0.333. The van der Waals surface area contributed by atoms with Crippen LogP contribution >= 0.6 is 0 Å². The first-order valence-electron chi connectivity index (χ1n) is 5.30. The van der Waals surface area contributed by atoms with Gasteiger partial charge in [-0.25, -0.2) is 4.98 Å². The van der Waals surface area contributed by atoms with Crippen molar-refractivity contribution in [3.8, 4) is 0 Å². The first-order valence-corrected chi connectivity index (χ1v) is 5.30. The van der Waals surface area contributed by atoms with Crippen molar-refractivity contribution >= 4 is 5.69 Å². The van der Waals surface area contributed by atoms with Gasteiger partial charge in [0.05, 0.1) is 29.9 Å². The number of hydrogen-bond donors (Lipinski definition) is 1. The number of imidazole rings is 1. The van der Waals surface area contributed by atoms with Crippen LogP contribution in [0.1, 0.15) is 17.1 Å². The van der Waals surface area contributed by atoms with E-state index in [0.29, 0.717) is 0 Å². The zero-order valence-corrected chi connectivity index (χ0v) is 9.86. The van der Waals surface area contributed by atoms with E-state index in [0.717, 1.165) is 29.3 Å². The minimum Gasteiger partial charge on any atom is -0.378 e. The summed E-state index contributed by atoms with van der Waals surface area (Å²) in [7, 11) is 1.99. The largest absolute Gasteiger partial charge is 0.378 e. The highest BCUT2D eigenvalue weighted by molar-refractivity contribution is 5.47. The lowest BCUT2D eigenvalue weighted by Gasteiger charge is -2.09. The van der Waals surface area contributed by atoms with Crippen LogP contribution in [0.15, 0.2) is 24.7 Å². The Hall–Kier alpha value is -1.84. The Balaban J connectivity index is 2.08. The van der Waals surface area contributed by atoms with Crippen LogP contribution in [0.25, 0.3) is 0 Å². The molecular formula is C12H16N4. The number of hydrogen-bond acceptors (Lipinski definition) is 3. The van der Waals surface area contributed by atoms with Gasteiger partial charge in [0.2, 0.25) is 0 Å². The zero-order chi connectivity index (χ0) is 11.5. The summed E-state index contributed by atoms with van der Waals surface area (Å²) >= 11 is 0. The lowest BCUT2D eigenvalue weighted by molar-refractivity contribution is 0.836. The van der Waals surface area contributed by atoms with Gasteiger partial charge in [0.15, 0.2) is 0 Å². The van der Waals surface area contributed by atoms with E-state index in [-0.39, 0.29) is 0 Å². The van der Waals surface area contributed by atoms with Gasteiger partial charge in [-0.2, -0.15) is 0 Å². The zero-order valence-electron chi connectivity index (χ0n) is 9.86. The molecule has 0 bridgehead atoms. The minimum atomic E-state index is 0.766. The SMILES string of the molecule is Cc1ccc(NCc2cncn2C)c(C)n1. The third-order valence-electron chi connectivity index (χ3n) is 2.60. The van der Waals surface area contributed by atoms with Crippen LogP contribution < -0.4 is 5.32 Å². The van der Waals surface area contributed by atoms with Crippen molar-refractivity contribution in [3.63, 3.8) is 0 Å². The van der Waals surface area contributed by atoms with Crippen molar-refractivity contribution in [2.24, 2.45) is 7.05 Å². The number of pyridine rings is 1. The number of aromatic nitrogens is 3. The molecule has 1 N–H and O–H groups in total. The smallest absolute Gasteiger partial charge is 0.0946 e. The predicted octanol–water partition coefficient (Wildman–Crippen LogP) is 2.04. The summed E-state index contributed by atoms with van der Waals surface area (Å²) in [4.78, 5) is 8.49. The molecule has 0 saturated heterocycles. The number of nitrogens with one attached hydrogen (secondary N) is 1. The Morgan fingerprint density at radius 2 is 2.12 bits per heavy atom. The third kappa shape index (κ3) is 2.21. The van der Waals surface area contributed by atoms with Gasteiger partial charge in [-0.15, -0.1) is 0 Å². The molecule has 2 aromatic rings. The molecule has 0 aliphatic heterocycles. The number of aryl methyl sites for hydroxylation is 3. The lowest BCUT2D eigenvalue weighted by Crippen LogP contribution is -2.05. The van der Waals surface area contributed by atoms with Crippen LogP contribution in [0.2, 0.25) is 0 Å². The molecule has 2 aromatic heterocycles. The van der Waals surface area contributed by atoms with E-state index in [2.05, 4.69) is 21.4 Å². The third-order valence-corrected chi connectivity index (χ3v) is 2.60. The highest BCUT2D eigenvalue weighted by atomic mass is 15.0. The number of anilines is 1. The highest BCUT2D eigenvalue weighted by Crippen LogP contribution is 2.13. The van der Waals surface area contributed by atoms with E-state index in [1.165, 1.54) is 0 Å². The van der Waals surface area contributed by atoms with Crippen molar-refractivity contribution in [2.45, 2.75) is 20.4 Å². The van der Waals surface area contributed by atoms with E-state index in [1.807, 2.05) is 37.7 Å². The quantitative estimate of drug-likeness (QED) is 0.853. The summed E-state index contributed by atoms with van der Waals surface area (Å²) in [5, 5.41) is 3.36. The van der Waals surface area contributed by atoms with Gasteiger partial charge in [-0.1, -0.05) is 0 Å². The van der Waals surface area contributed by atoms with Crippen LogP contribution in [0.3, 0.4) is 0 Å². The van der Waals surface area contributed by atoms with E-state index < -0.39 is 0 Å². The summed E-state index contributed by atoms with van der Waals surface area (Å²) in [5.41, 5.74) is 4.30. The Labute approximate surface area is 95.4 Å². The maximum Gasteiger partial charge on any atom is 0.0946 e. The van der Waals surface area contributed by atoms with Crippen LogP contribution in [0.4, 0.5) is 5.69 Å². The minimum absolute atomic E-state index is 0.766. The normalized spacial score (nSPS) is 10.4. The Morgan fingerprint density at radius 3 is 2.75 bits per heavy atom. The summed E-state index contributed by atoms with van der Waals surface area (Å²) < 4.78 is 2.00. The van der Waals surface area contributed by atoms with Crippen LogP contribution in [-0.2, 0) is 13.6 Å². The van der Waals surface area contributed by atoms with E-state index in [9.17, 15) is 0 Å². The summed E-state index contributed by atoms with van der Waals surface area (Å²) in [6.45, 7) is 4.78. The standard InChI is InChI=1S/C12H16N4/c1-9-4-5-12(10(2)15-9)14-7-11-6-13-8-16(11)3/h4-6,8,14H,7H2,1-3H3. The molecule has 0 amide bonds. The van der Waals surface area contributed by atoms with E-state index in [1.54, 1.807) is 6.33 Å². The molecule has 2 heterocycles. The van der Waals surface area contributed by atoms with Crippen molar-refractivity contribution in [2.75, 3.05) is 5.32 Å². The maximum absolute atomic E-state index is 4.41. The first-order chi connectivity index (χ1) is 7.66. The Bertz CT molecular complexity index is 488. The maximum atomic E-state index is 4.41. The van der Waals surface area contributed by atoms with Gasteiger partial charge in [0.25, 0.3) is 0 Å². The molecule has 0 aliphatic rings. The topological polar surface area (TPSA) is 42.7 Å². The molecule has 16 heavy (non-hydrogen) atoms. The van der Waals surface area contributed by atoms with E-state index in [4.69, 9.17) is 0 Å². The molecule has 0 fully saturated rings. The number of nitrogens with zero attached hydrogens (tertiary/aromatic N) is 3. The summed E-state index contributed by atoms with van der Waals surface area (Å²) in [6, 6.07) is 4.08. The first kappa shape index (κ1) is 10.7. The average molecular weight is 216 g/mol. The van der Waals surface area contributed by atoms with Crippen LogP contribution in [0, 0.1) is 13.8 Å². The molecule has 0 saturated carbocycles. The fourth-order valence-electron chi connectivity index (χ4n) is 1.61. The van der Waals surface area contributed by atoms with Crippen molar-refractivity contribution in [1.29, 1.82) is 0 Å². The monoisotopic (exact) mass is 216 g/mol. The average Bonchev–Trinajstić information content (AvgIpc) is 2.63. The summed E-state index contributed by atoms with van der Waals surface area (Å²) in [6.07, 6.45) is 3.67. The van der Waals surface area contributed by atoms with Crippen molar-refractivity contribution in [1.82, 2.24) is 14.5 Å². The van der Waals surface area contributed by atoms with Gasteiger partial charge in [-0.3, -0.25) is 4.98 Å². The van der Waals surface area contributed by atoms with Crippen LogP contribution in [-0.4, -0.2) is 14.5 Å². The van der Waals surface area contributed by atoms with Gasteiger partial charge in [-0.05, 0) is 26.0 Å². The molecule has 2 rings (SSSR count). The molecule has 0 spiro atoms. The van der Waals surface area contributed by atoms with Gasteiger partial charge in [0, 0.05) is 18.9 Å². The Morgan fingerprint density at radius 1 is 1.31 bits per heavy atom. The highest BCUT2D eigenvalue weighted by Gasteiger charge is 2.01. The van der Waals surface area contributed by atoms with Gasteiger partial charge >= 0.3 is 0 Å². The van der Waals surface area contributed by atoms with Crippen molar-refractivity contribution in [3.05, 3.63) is 41.7 Å². The number of rotatable bonds is 3. The molecule has 4 heteroatoms. The molecule has 84 valence electrons. The predicted molar refractivity (Wildman–Crippen MR) is 64.2 cm³/mol. The second-order valence-corrected chi connectivity index (χ2v) is 3.94. The molecule has 0 atom stereocenters. The van der Waals surface area contributed by atoms with Crippen molar-refractivity contribution < 1.29 is 0 Å². The Kier molecular flexibility index (Phi) is 2.90. The fourth-order valence-corrected chi connectivity index (χ4v) is 1.61. The molecule has 0 radical (unpaired) electrons. The second kappa shape index (κ2) is 4.35. The van der Waals surface area contributed by atoms with Gasteiger partial charge < -0.3 is 9.88 Å². The molecule has 0 aliphatic carbocycles. The molecular weight excluding hydrogens is 200 g/mol. The lowest BCUT2D eigenvalue weighted by atomic mass is 10.2. The molecule has 4 nitrogen and oxygen atoms in total.